The van der Waals surface area contributed by atoms with E-state index in [4.69, 9.17) is 16.8 Å². The van der Waals surface area contributed by atoms with Crippen LogP contribution in [-0.4, -0.2) is 0 Å². The predicted molar refractivity (Wildman–Crippen MR) is 198 cm³/mol. The molecule has 0 bridgehead atoms. The molecule has 0 aliphatic heterocycles. The standard InChI is InChI=1S/C46H30O/c1-4-14-31(15-5-1)33-24-26-35(27-25-33)46-45(41-30-36(28-29-42(41)47-46)32-16-6-2-7-17-32)44-39-22-12-10-20-37(39)43(34-18-8-3-9-19-34)38-21-11-13-23-40(38)44/h1-30H/i2D,6D,7D,10D,11D,12D,13D,16D,17D,20D,21D,22D,23D,24D,25D,26D,27D,28D,29D,30D. The number of benzene rings is 8. The van der Waals surface area contributed by atoms with E-state index in [2.05, 4.69) is 0 Å². The monoisotopic (exact) mass is 618 g/mol. The Morgan fingerprint density at radius 3 is 1.45 bits per heavy atom. The summed E-state index contributed by atoms with van der Waals surface area (Å²) in [6.07, 6.45) is 0. The average Bonchev–Trinajstić information content (AvgIpc) is 3.72. The van der Waals surface area contributed by atoms with Crippen molar-refractivity contribution in [3.05, 3.63) is 182 Å². The van der Waals surface area contributed by atoms with Crippen LogP contribution in [0.15, 0.2) is 186 Å². The van der Waals surface area contributed by atoms with E-state index in [1.54, 1.807) is 60.7 Å². The van der Waals surface area contributed by atoms with E-state index >= 15 is 0 Å². The molecular formula is C46H30O. The molecular weight excluding hydrogens is 569 g/mol. The molecule has 0 atom stereocenters. The summed E-state index contributed by atoms with van der Waals surface area (Å²) in [4.78, 5) is 0. The Labute approximate surface area is 302 Å². The van der Waals surface area contributed by atoms with Crippen LogP contribution in [0.2, 0.25) is 0 Å². The fourth-order valence-electron chi connectivity index (χ4n) is 5.77. The third kappa shape index (κ3) is 4.64. The van der Waals surface area contributed by atoms with Gasteiger partial charge in [0.25, 0.3) is 0 Å². The summed E-state index contributed by atoms with van der Waals surface area (Å²) in [6, 6.07) is 0.908. The van der Waals surface area contributed by atoms with Crippen molar-refractivity contribution in [1.82, 2.24) is 0 Å². The molecule has 9 rings (SSSR count). The zero-order chi connectivity index (χ0) is 48.6. The lowest BCUT2D eigenvalue weighted by Gasteiger charge is -2.18. The van der Waals surface area contributed by atoms with Crippen molar-refractivity contribution in [2.24, 2.45) is 0 Å². The molecule has 1 nitrogen and oxygen atoms in total. The summed E-state index contributed by atoms with van der Waals surface area (Å²) < 4.78 is 188. The number of furan rings is 1. The molecule has 0 saturated heterocycles. The summed E-state index contributed by atoms with van der Waals surface area (Å²) in [6.45, 7) is 0. The van der Waals surface area contributed by atoms with Crippen molar-refractivity contribution < 1.29 is 31.8 Å². The largest absolute Gasteiger partial charge is 0.455 e. The Bertz CT molecular complexity index is 3540. The van der Waals surface area contributed by atoms with Gasteiger partial charge in [-0.2, -0.15) is 0 Å². The normalized spacial score (nSPS) is 17.4. The first-order valence-corrected chi connectivity index (χ1v) is 14.5. The van der Waals surface area contributed by atoms with E-state index in [0.29, 0.717) is 5.56 Å². The molecule has 0 N–H and O–H groups in total. The van der Waals surface area contributed by atoms with Gasteiger partial charge in [0.1, 0.15) is 11.3 Å². The Morgan fingerprint density at radius 1 is 0.340 bits per heavy atom. The highest BCUT2D eigenvalue weighted by Crippen LogP contribution is 2.50. The van der Waals surface area contributed by atoms with Crippen molar-refractivity contribution in [2.75, 3.05) is 0 Å². The van der Waals surface area contributed by atoms with Crippen LogP contribution in [0.1, 0.15) is 27.4 Å². The lowest BCUT2D eigenvalue weighted by molar-refractivity contribution is 0.632. The van der Waals surface area contributed by atoms with Crippen LogP contribution in [0.25, 0.3) is 88.3 Å². The van der Waals surface area contributed by atoms with Gasteiger partial charge in [0.2, 0.25) is 0 Å². The molecule has 0 unspecified atom stereocenters. The van der Waals surface area contributed by atoms with Crippen LogP contribution >= 0.6 is 0 Å². The first-order chi connectivity index (χ1) is 31.7. The number of fused-ring (bicyclic) bond motifs is 3. The summed E-state index contributed by atoms with van der Waals surface area (Å²) in [5.41, 5.74) is -3.19. The van der Waals surface area contributed by atoms with Gasteiger partial charge in [-0.3, -0.25) is 0 Å². The third-order valence-corrected chi connectivity index (χ3v) is 7.81. The van der Waals surface area contributed by atoms with E-state index < -0.39 is 176 Å². The topological polar surface area (TPSA) is 13.1 Å². The number of hydrogen-bond acceptors (Lipinski definition) is 1. The second-order valence-electron chi connectivity index (χ2n) is 10.5. The molecule has 1 heteroatoms. The molecule has 0 amide bonds. The lowest BCUT2D eigenvalue weighted by Crippen LogP contribution is -1.91. The molecule has 47 heavy (non-hydrogen) atoms. The van der Waals surface area contributed by atoms with E-state index in [9.17, 15) is 15.1 Å². The molecule has 0 aliphatic rings. The minimum atomic E-state index is -0.861. The van der Waals surface area contributed by atoms with Gasteiger partial charge in [0.15, 0.2) is 0 Å². The van der Waals surface area contributed by atoms with Crippen LogP contribution in [0.4, 0.5) is 0 Å². The molecule has 9 aromatic rings. The van der Waals surface area contributed by atoms with Crippen LogP contribution in [0.3, 0.4) is 0 Å². The van der Waals surface area contributed by atoms with E-state index in [0.717, 1.165) is 0 Å². The highest BCUT2D eigenvalue weighted by molar-refractivity contribution is 6.25. The van der Waals surface area contributed by atoms with Crippen molar-refractivity contribution in [1.29, 1.82) is 0 Å². The molecule has 1 aromatic heterocycles. The zero-order valence-corrected chi connectivity index (χ0v) is 24.2. The van der Waals surface area contributed by atoms with E-state index in [1.165, 1.54) is 0 Å². The maximum absolute atomic E-state index is 9.88. The Balaban J connectivity index is 1.65. The second-order valence-corrected chi connectivity index (χ2v) is 10.5. The van der Waals surface area contributed by atoms with Gasteiger partial charge in [-0.25, -0.2) is 0 Å². The fourth-order valence-corrected chi connectivity index (χ4v) is 5.77. The first-order valence-electron chi connectivity index (χ1n) is 24.5. The van der Waals surface area contributed by atoms with E-state index in [1.807, 2.05) is 0 Å². The molecule has 0 saturated carbocycles. The fraction of sp³-hybridized carbons (Fsp3) is 0. The van der Waals surface area contributed by atoms with Crippen LogP contribution < -0.4 is 0 Å². The smallest absolute Gasteiger partial charge is 0.143 e. The van der Waals surface area contributed by atoms with Gasteiger partial charge in [-0.1, -0.05) is 169 Å². The third-order valence-electron chi connectivity index (χ3n) is 7.81. The lowest BCUT2D eigenvalue weighted by atomic mass is 9.84. The average molecular weight is 619 g/mol. The van der Waals surface area contributed by atoms with Crippen molar-refractivity contribution >= 4 is 32.5 Å². The van der Waals surface area contributed by atoms with Crippen molar-refractivity contribution in [3.8, 4) is 55.8 Å². The molecule has 0 radical (unpaired) electrons. The van der Waals surface area contributed by atoms with Crippen molar-refractivity contribution in [3.63, 3.8) is 0 Å². The zero-order valence-electron chi connectivity index (χ0n) is 44.2. The predicted octanol–water partition coefficient (Wildman–Crippen LogP) is 13.1. The summed E-state index contributed by atoms with van der Waals surface area (Å²) in [5, 5.41) is -1.91. The summed E-state index contributed by atoms with van der Waals surface area (Å²) in [7, 11) is 0. The maximum atomic E-state index is 9.88. The second kappa shape index (κ2) is 11.3. The molecule has 0 aliphatic carbocycles. The Hall–Kier alpha value is -6.18. The van der Waals surface area contributed by atoms with Gasteiger partial charge in [-0.15, -0.1) is 0 Å². The number of hydrogen-bond donors (Lipinski definition) is 0. The van der Waals surface area contributed by atoms with Gasteiger partial charge >= 0.3 is 0 Å². The minimum absolute atomic E-state index is 0.0419. The van der Waals surface area contributed by atoms with Gasteiger partial charge in [0, 0.05) is 22.1 Å². The molecule has 220 valence electrons. The maximum Gasteiger partial charge on any atom is 0.143 e. The molecule has 8 aromatic carbocycles. The van der Waals surface area contributed by atoms with Gasteiger partial charge < -0.3 is 4.42 Å². The summed E-state index contributed by atoms with van der Waals surface area (Å²) >= 11 is 0. The minimum Gasteiger partial charge on any atom is -0.455 e. The Kier molecular flexibility index (Phi) is 3.29. The van der Waals surface area contributed by atoms with Gasteiger partial charge in [0.05, 0.1) is 27.4 Å². The molecule has 1 heterocycles. The Morgan fingerprint density at radius 2 is 0.830 bits per heavy atom. The van der Waals surface area contributed by atoms with Crippen LogP contribution in [0.5, 0.6) is 0 Å². The quantitative estimate of drug-likeness (QED) is 0.175. The van der Waals surface area contributed by atoms with Crippen LogP contribution in [0, 0.1) is 0 Å². The number of rotatable bonds is 5. The molecule has 0 fully saturated rings. The van der Waals surface area contributed by atoms with Crippen molar-refractivity contribution in [2.45, 2.75) is 0 Å². The highest BCUT2D eigenvalue weighted by Gasteiger charge is 2.24. The van der Waals surface area contributed by atoms with E-state index in [-0.39, 0.29) is 27.5 Å². The SMILES string of the molecule is [2H]c1c([2H])c([2H])c(-c2c([2H])c([2H])c3oc(-c4c([2H])c([2H])c(-c5ccccc5)c([2H])c4[2H])c(-c4c5c([2H])c([2H])c([2H])c([2H])c5c(-c5ccccc5)c5c([2H])c([2H])c([2H])c([2H])c45)c3c2[2H])c([2H])c1[2H]. The molecule has 0 spiro atoms. The van der Waals surface area contributed by atoms with Crippen LogP contribution in [-0.2, 0) is 0 Å². The van der Waals surface area contributed by atoms with Gasteiger partial charge in [-0.05, 0) is 67.0 Å². The summed E-state index contributed by atoms with van der Waals surface area (Å²) in [5.74, 6) is -0.666. The highest BCUT2D eigenvalue weighted by atomic mass is 16.3. The first kappa shape index (κ1) is 13.7.